The van der Waals surface area contributed by atoms with Gasteiger partial charge in [0.15, 0.2) is 0 Å². The standard InChI is InChI=1S/C13H16FNO/c14-13(4-6-15-7-5-13)9-11-2-1-3-12(8-11)10-16/h1-3,8,10,15H,4-7,9H2. The smallest absolute Gasteiger partial charge is 0.150 e. The molecule has 16 heavy (non-hydrogen) atoms. The van der Waals surface area contributed by atoms with Crippen molar-refractivity contribution in [1.29, 1.82) is 0 Å². The van der Waals surface area contributed by atoms with Gasteiger partial charge in [0, 0.05) is 12.0 Å². The third kappa shape index (κ3) is 2.67. The molecule has 0 aromatic heterocycles. The highest BCUT2D eigenvalue weighted by Crippen LogP contribution is 2.27. The van der Waals surface area contributed by atoms with Crippen molar-refractivity contribution in [2.24, 2.45) is 0 Å². The van der Waals surface area contributed by atoms with Crippen LogP contribution < -0.4 is 5.32 Å². The Bertz CT molecular complexity index is 372. The highest BCUT2D eigenvalue weighted by atomic mass is 19.1. The SMILES string of the molecule is O=Cc1cccc(CC2(F)CCNCC2)c1. The summed E-state index contributed by atoms with van der Waals surface area (Å²) in [6.45, 7) is 1.48. The number of alkyl halides is 1. The average molecular weight is 221 g/mol. The summed E-state index contributed by atoms with van der Waals surface area (Å²) in [5.41, 5.74) is 0.427. The molecule has 1 N–H and O–H groups in total. The summed E-state index contributed by atoms with van der Waals surface area (Å²) in [5.74, 6) is 0. The molecule has 1 aromatic carbocycles. The minimum Gasteiger partial charge on any atom is -0.316 e. The van der Waals surface area contributed by atoms with Crippen molar-refractivity contribution in [2.45, 2.75) is 24.9 Å². The van der Waals surface area contributed by atoms with Crippen LogP contribution in [-0.2, 0) is 6.42 Å². The van der Waals surface area contributed by atoms with E-state index in [-0.39, 0.29) is 0 Å². The van der Waals surface area contributed by atoms with Gasteiger partial charge in [-0.1, -0.05) is 18.2 Å². The average Bonchev–Trinajstić information content (AvgIpc) is 2.29. The van der Waals surface area contributed by atoms with Crippen LogP contribution >= 0.6 is 0 Å². The van der Waals surface area contributed by atoms with Crippen molar-refractivity contribution >= 4 is 6.29 Å². The van der Waals surface area contributed by atoms with Crippen molar-refractivity contribution in [3.8, 4) is 0 Å². The van der Waals surface area contributed by atoms with E-state index in [1.807, 2.05) is 12.1 Å². The topological polar surface area (TPSA) is 29.1 Å². The van der Waals surface area contributed by atoms with E-state index in [1.54, 1.807) is 12.1 Å². The van der Waals surface area contributed by atoms with E-state index in [0.29, 0.717) is 24.8 Å². The number of carbonyl (C=O) groups is 1. The molecule has 1 aromatic rings. The number of carbonyl (C=O) groups excluding carboxylic acids is 1. The number of hydrogen-bond acceptors (Lipinski definition) is 2. The Morgan fingerprint density at radius 2 is 2.12 bits per heavy atom. The van der Waals surface area contributed by atoms with Gasteiger partial charge in [0.2, 0.25) is 0 Å². The summed E-state index contributed by atoms with van der Waals surface area (Å²) in [6.07, 6.45) is 2.32. The predicted molar refractivity (Wildman–Crippen MR) is 61.5 cm³/mol. The lowest BCUT2D eigenvalue weighted by Crippen LogP contribution is -2.40. The van der Waals surface area contributed by atoms with Gasteiger partial charge in [-0.3, -0.25) is 4.79 Å². The van der Waals surface area contributed by atoms with Crippen molar-refractivity contribution in [1.82, 2.24) is 5.32 Å². The van der Waals surface area contributed by atoms with Gasteiger partial charge >= 0.3 is 0 Å². The Kier molecular flexibility index (Phi) is 3.34. The first-order valence-electron chi connectivity index (χ1n) is 5.66. The van der Waals surface area contributed by atoms with Crippen molar-refractivity contribution in [2.75, 3.05) is 13.1 Å². The van der Waals surface area contributed by atoms with Crippen LogP contribution in [0, 0.1) is 0 Å². The van der Waals surface area contributed by atoms with Gasteiger partial charge in [0.1, 0.15) is 12.0 Å². The summed E-state index contributed by atoms with van der Waals surface area (Å²) >= 11 is 0. The van der Waals surface area contributed by atoms with Crippen LogP contribution in [0.4, 0.5) is 4.39 Å². The monoisotopic (exact) mass is 221 g/mol. The van der Waals surface area contributed by atoms with Crippen LogP contribution in [0.5, 0.6) is 0 Å². The molecule has 0 unspecified atom stereocenters. The maximum Gasteiger partial charge on any atom is 0.150 e. The highest BCUT2D eigenvalue weighted by Gasteiger charge is 2.31. The molecule has 0 amide bonds. The molecule has 0 atom stereocenters. The number of rotatable bonds is 3. The Morgan fingerprint density at radius 1 is 1.38 bits per heavy atom. The summed E-state index contributed by atoms with van der Waals surface area (Å²) in [6, 6.07) is 7.21. The fourth-order valence-electron chi connectivity index (χ4n) is 2.19. The molecular weight excluding hydrogens is 205 g/mol. The van der Waals surface area contributed by atoms with Gasteiger partial charge in [-0.05, 0) is 37.6 Å². The lowest BCUT2D eigenvalue weighted by molar-refractivity contribution is 0.111. The quantitative estimate of drug-likeness (QED) is 0.792. The number of nitrogens with one attached hydrogen (secondary N) is 1. The maximum atomic E-state index is 14.4. The molecule has 3 heteroatoms. The lowest BCUT2D eigenvalue weighted by atomic mass is 9.87. The Labute approximate surface area is 94.9 Å². The zero-order valence-corrected chi connectivity index (χ0v) is 9.21. The van der Waals surface area contributed by atoms with E-state index in [0.717, 1.165) is 24.9 Å². The summed E-state index contributed by atoms with van der Waals surface area (Å²) in [5, 5.41) is 3.15. The van der Waals surface area contributed by atoms with E-state index < -0.39 is 5.67 Å². The molecule has 1 fully saturated rings. The number of benzene rings is 1. The number of halogens is 1. The van der Waals surface area contributed by atoms with Crippen molar-refractivity contribution in [3.63, 3.8) is 0 Å². The number of aldehydes is 1. The Morgan fingerprint density at radius 3 is 2.81 bits per heavy atom. The first kappa shape index (κ1) is 11.3. The molecule has 2 rings (SSSR count). The first-order chi connectivity index (χ1) is 7.72. The van der Waals surface area contributed by atoms with E-state index in [1.165, 1.54) is 0 Å². The minimum absolute atomic E-state index is 0.413. The first-order valence-corrected chi connectivity index (χ1v) is 5.66. The van der Waals surface area contributed by atoms with Gasteiger partial charge in [-0.15, -0.1) is 0 Å². The number of hydrogen-bond donors (Lipinski definition) is 1. The summed E-state index contributed by atoms with van der Waals surface area (Å²) in [4.78, 5) is 10.6. The van der Waals surface area contributed by atoms with Gasteiger partial charge in [0.05, 0.1) is 0 Å². The fraction of sp³-hybridized carbons (Fsp3) is 0.462. The molecule has 1 aliphatic heterocycles. The second-order valence-electron chi connectivity index (χ2n) is 4.44. The zero-order valence-electron chi connectivity index (χ0n) is 9.21. The van der Waals surface area contributed by atoms with E-state index >= 15 is 0 Å². The molecule has 1 aliphatic rings. The van der Waals surface area contributed by atoms with Crippen molar-refractivity contribution < 1.29 is 9.18 Å². The zero-order chi connectivity index (χ0) is 11.4. The van der Waals surface area contributed by atoms with Gasteiger partial charge < -0.3 is 5.32 Å². The largest absolute Gasteiger partial charge is 0.316 e. The van der Waals surface area contributed by atoms with E-state index in [2.05, 4.69) is 5.32 Å². The van der Waals surface area contributed by atoms with Crippen LogP contribution in [0.2, 0.25) is 0 Å². The maximum absolute atomic E-state index is 14.4. The highest BCUT2D eigenvalue weighted by molar-refractivity contribution is 5.74. The molecule has 86 valence electrons. The molecule has 1 heterocycles. The molecule has 0 saturated carbocycles. The third-order valence-corrected chi connectivity index (χ3v) is 3.11. The normalized spacial score (nSPS) is 19.3. The van der Waals surface area contributed by atoms with Gasteiger partial charge in [-0.25, -0.2) is 4.39 Å². The molecule has 0 aliphatic carbocycles. The number of piperidine rings is 1. The summed E-state index contributed by atoms with van der Waals surface area (Å²) in [7, 11) is 0. The minimum atomic E-state index is -1.10. The molecular formula is C13H16FNO. The molecule has 0 radical (unpaired) electrons. The third-order valence-electron chi connectivity index (χ3n) is 3.11. The molecule has 2 nitrogen and oxygen atoms in total. The summed E-state index contributed by atoms with van der Waals surface area (Å²) < 4.78 is 14.4. The second-order valence-corrected chi connectivity index (χ2v) is 4.44. The Hall–Kier alpha value is -1.22. The van der Waals surface area contributed by atoms with Gasteiger partial charge in [0.25, 0.3) is 0 Å². The Balaban J connectivity index is 2.09. The van der Waals surface area contributed by atoms with Crippen LogP contribution in [0.3, 0.4) is 0 Å². The van der Waals surface area contributed by atoms with Gasteiger partial charge in [-0.2, -0.15) is 0 Å². The molecule has 1 saturated heterocycles. The van der Waals surface area contributed by atoms with Crippen LogP contribution in [0.15, 0.2) is 24.3 Å². The predicted octanol–water partition coefficient (Wildman–Crippen LogP) is 2.13. The molecule has 0 spiro atoms. The second kappa shape index (κ2) is 4.74. The van der Waals surface area contributed by atoms with E-state index in [4.69, 9.17) is 0 Å². The van der Waals surface area contributed by atoms with Crippen molar-refractivity contribution in [3.05, 3.63) is 35.4 Å². The van der Waals surface area contributed by atoms with Crippen LogP contribution in [0.25, 0.3) is 0 Å². The fourth-order valence-corrected chi connectivity index (χ4v) is 2.19. The molecule has 0 bridgehead atoms. The van der Waals surface area contributed by atoms with Crippen LogP contribution in [-0.4, -0.2) is 25.0 Å². The van der Waals surface area contributed by atoms with Crippen LogP contribution in [0.1, 0.15) is 28.8 Å². The lowest BCUT2D eigenvalue weighted by Gasteiger charge is -2.30. The van der Waals surface area contributed by atoms with E-state index in [9.17, 15) is 9.18 Å².